The average molecular weight is 360 g/mol. The standard InChI is InChI=1S/C17H15Cl2N5/c1-11-8-16(23-15-6-5-12(18)9-14(15)19)24-17(22-11)21-10-13-4-2-3-7-20-13/h2-9H,10H2,1H3,(H2,21,22,23,24). The molecule has 2 N–H and O–H groups in total. The van der Waals surface area contributed by atoms with Crippen molar-refractivity contribution in [2.45, 2.75) is 13.5 Å². The lowest BCUT2D eigenvalue weighted by molar-refractivity contribution is 0.991. The summed E-state index contributed by atoms with van der Waals surface area (Å²) in [6.07, 6.45) is 1.75. The average Bonchev–Trinajstić information content (AvgIpc) is 2.56. The Balaban J connectivity index is 1.76. The van der Waals surface area contributed by atoms with Crippen LogP contribution in [0.3, 0.4) is 0 Å². The quantitative estimate of drug-likeness (QED) is 0.682. The van der Waals surface area contributed by atoms with Gasteiger partial charge in [-0.15, -0.1) is 0 Å². The van der Waals surface area contributed by atoms with Gasteiger partial charge in [0.1, 0.15) is 5.82 Å². The Morgan fingerprint density at radius 3 is 2.67 bits per heavy atom. The summed E-state index contributed by atoms with van der Waals surface area (Å²) in [5, 5.41) is 7.47. The maximum Gasteiger partial charge on any atom is 0.225 e. The lowest BCUT2D eigenvalue weighted by atomic mass is 10.3. The molecule has 7 heteroatoms. The molecule has 0 radical (unpaired) electrons. The molecule has 0 spiro atoms. The van der Waals surface area contributed by atoms with Crippen LogP contribution < -0.4 is 10.6 Å². The van der Waals surface area contributed by atoms with Crippen molar-refractivity contribution in [3.8, 4) is 0 Å². The van der Waals surface area contributed by atoms with Crippen LogP contribution in [0.25, 0.3) is 0 Å². The molecule has 1 aromatic carbocycles. The van der Waals surface area contributed by atoms with E-state index in [4.69, 9.17) is 23.2 Å². The van der Waals surface area contributed by atoms with E-state index < -0.39 is 0 Å². The summed E-state index contributed by atoms with van der Waals surface area (Å²) < 4.78 is 0. The molecule has 0 saturated heterocycles. The highest BCUT2D eigenvalue weighted by Crippen LogP contribution is 2.28. The molecule has 0 atom stereocenters. The Morgan fingerprint density at radius 1 is 1.04 bits per heavy atom. The summed E-state index contributed by atoms with van der Waals surface area (Å²) in [4.78, 5) is 13.1. The van der Waals surface area contributed by atoms with Crippen LogP contribution in [-0.2, 0) is 6.54 Å². The summed E-state index contributed by atoms with van der Waals surface area (Å²) in [5.41, 5.74) is 2.48. The normalized spacial score (nSPS) is 10.5. The number of aromatic nitrogens is 3. The van der Waals surface area contributed by atoms with E-state index in [1.165, 1.54) is 0 Å². The van der Waals surface area contributed by atoms with E-state index in [1.54, 1.807) is 18.3 Å². The van der Waals surface area contributed by atoms with E-state index in [1.807, 2.05) is 37.3 Å². The van der Waals surface area contributed by atoms with Crippen LogP contribution in [0.5, 0.6) is 0 Å². The van der Waals surface area contributed by atoms with Gasteiger partial charge in [0.2, 0.25) is 5.95 Å². The Morgan fingerprint density at radius 2 is 1.92 bits per heavy atom. The number of rotatable bonds is 5. The van der Waals surface area contributed by atoms with Gasteiger partial charge in [-0.1, -0.05) is 29.3 Å². The molecule has 3 aromatic rings. The first-order valence-electron chi connectivity index (χ1n) is 7.32. The molecular formula is C17H15Cl2N5. The molecule has 0 bridgehead atoms. The van der Waals surface area contributed by atoms with Crippen molar-refractivity contribution in [3.63, 3.8) is 0 Å². The fraction of sp³-hybridized carbons (Fsp3) is 0.118. The molecule has 24 heavy (non-hydrogen) atoms. The molecule has 0 fully saturated rings. The van der Waals surface area contributed by atoms with Crippen molar-refractivity contribution in [2.24, 2.45) is 0 Å². The third kappa shape index (κ3) is 4.34. The topological polar surface area (TPSA) is 62.7 Å². The van der Waals surface area contributed by atoms with Gasteiger partial charge in [-0.25, -0.2) is 4.98 Å². The van der Waals surface area contributed by atoms with E-state index in [0.29, 0.717) is 28.4 Å². The molecule has 0 aliphatic rings. The summed E-state index contributed by atoms with van der Waals surface area (Å²) in [5.74, 6) is 1.17. The monoisotopic (exact) mass is 359 g/mol. The zero-order chi connectivity index (χ0) is 16.9. The minimum Gasteiger partial charge on any atom is -0.349 e. The molecule has 0 saturated carbocycles. The molecule has 0 aliphatic carbocycles. The summed E-state index contributed by atoms with van der Waals surface area (Å²) >= 11 is 12.1. The van der Waals surface area contributed by atoms with Gasteiger partial charge < -0.3 is 10.6 Å². The lowest BCUT2D eigenvalue weighted by Gasteiger charge is -2.11. The number of anilines is 3. The molecule has 0 aliphatic heterocycles. The second-order valence-corrected chi connectivity index (χ2v) is 5.99. The third-order valence-electron chi connectivity index (χ3n) is 3.20. The summed E-state index contributed by atoms with van der Waals surface area (Å²) in [6, 6.07) is 12.9. The van der Waals surface area contributed by atoms with Crippen LogP contribution in [0.4, 0.5) is 17.5 Å². The number of nitrogens with zero attached hydrogens (tertiary/aromatic N) is 3. The lowest BCUT2D eigenvalue weighted by Crippen LogP contribution is -2.07. The SMILES string of the molecule is Cc1cc(Nc2ccc(Cl)cc2Cl)nc(NCc2ccccn2)n1. The Labute approximate surface area is 150 Å². The van der Waals surface area contributed by atoms with Crippen LogP contribution >= 0.6 is 23.2 Å². The smallest absolute Gasteiger partial charge is 0.225 e. The summed E-state index contributed by atoms with van der Waals surface area (Å²) in [6.45, 7) is 2.45. The van der Waals surface area contributed by atoms with Gasteiger partial charge in [0.05, 0.1) is 22.9 Å². The molecule has 2 heterocycles. The number of hydrogen-bond donors (Lipinski definition) is 2. The highest BCUT2D eigenvalue weighted by Gasteiger charge is 2.06. The van der Waals surface area contributed by atoms with E-state index in [9.17, 15) is 0 Å². The fourth-order valence-electron chi connectivity index (χ4n) is 2.11. The molecular weight excluding hydrogens is 345 g/mol. The molecule has 3 rings (SSSR count). The second-order valence-electron chi connectivity index (χ2n) is 5.14. The zero-order valence-electron chi connectivity index (χ0n) is 12.9. The largest absolute Gasteiger partial charge is 0.349 e. The Bertz CT molecular complexity index is 840. The van der Waals surface area contributed by atoms with Crippen molar-refractivity contribution in [1.82, 2.24) is 15.0 Å². The minimum atomic E-state index is 0.522. The van der Waals surface area contributed by atoms with Gasteiger partial charge in [0, 0.05) is 23.0 Å². The van der Waals surface area contributed by atoms with Gasteiger partial charge in [-0.05, 0) is 37.3 Å². The highest BCUT2D eigenvalue weighted by molar-refractivity contribution is 6.36. The Hall–Kier alpha value is -2.37. The molecule has 0 unspecified atom stereocenters. The van der Waals surface area contributed by atoms with Crippen LogP contribution in [0.15, 0.2) is 48.7 Å². The molecule has 2 aromatic heterocycles. The number of aryl methyl sites for hydroxylation is 1. The number of pyridine rings is 1. The van der Waals surface area contributed by atoms with Crippen molar-refractivity contribution in [3.05, 3.63) is 70.1 Å². The van der Waals surface area contributed by atoms with Crippen LogP contribution in [0, 0.1) is 6.92 Å². The first-order valence-corrected chi connectivity index (χ1v) is 8.07. The number of hydrogen-bond acceptors (Lipinski definition) is 5. The number of benzene rings is 1. The molecule has 0 amide bonds. The summed E-state index contributed by atoms with van der Waals surface area (Å²) in [7, 11) is 0. The molecule has 122 valence electrons. The fourth-order valence-corrected chi connectivity index (χ4v) is 2.57. The second kappa shape index (κ2) is 7.47. The minimum absolute atomic E-state index is 0.522. The van der Waals surface area contributed by atoms with Gasteiger partial charge >= 0.3 is 0 Å². The maximum atomic E-state index is 6.19. The Kier molecular flexibility index (Phi) is 5.13. The van der Waals surface area contributed by atoms with Crippen molar-refractivity contribution in [1.29, 1.82) is 0 Å². The van der Waals surface area contributed by atoms with Crippen LogP contribution in [0.1, 0.15) is 11.4 Å². The van der Waals surface area contributed by atoms with Crippen molar-refractivity contribution in [2.75, 3.05) is 10.6 Å². The van der Waals surface area contributed by atoms with Gasteiger partial charge in [-0.3, -0.25) is 4.98 Å². The van der Waals surface area contributed by atoms with Gasteiger partial charge in [0.25, 0.3) is 0 Å². The van der Waals surface area contributed by atoms with Crippen LogP contribution in [-0.4, -0.2) is 15.0 Å². The highest BCUT2D eigenvalue weighted by atomic mass is 35.5. The van der Waals surface area contributed by atoms with Crippen molar-refractivity contribution < 1.29 is 0 Å². The molecule has 5 nitrogen and oxygen atoms in total. The predicted molar refractivity (Wildman–Crippen MR) is 98.1 cm³/mol. The number of nitrogens with one attached hydrogen (secondary N) is 2. The zero-order valence-corrected chi connectivity index (χ0v) is 14.4. The number of halogens is 2. The third-order valence-corrected chi connectivity index (χ3v) is 3.75. The van der Waals surface area contributed by atoms with Crippen LogP contribution in [0.2, 0.25) is 10.0 Å². The van der Waals surface area contributed by atoms with E-state index in [-0.39, 0.29) is 0 Å². The maximum absolute atomic E-state index is 6.19. The predicted octanol–water partition coefficient (Wildman–Crippen LogP) is 4.84. The first kappa shape index (κ1) is 16.5. The van der Waals surface area contributed by atoms with Gasteiger partial charge in [-0.2, -0.15) is 4.98 Å². The van der Waals surface area contributed by atoms with Gasteiger partial charge in [0.15, 0.2) is 0 Å². The van der Waals surface area contributed by atoms with Crippen molar-refractivity contribution >= 4 is 40.7 Å². The van der Waals surface area contributed by atoms with E-state index in [0.717, 1.165) is 17.1 Å². The first-order chi connectivity index (χ1) is 11.6. The van der Waals surface area contributed by atoms with E-state index >= 15 is 0 Å². The van der Waals surface area contributed by atoms with E-state index in [2.05, 4.69) is 25.6 Å².